The molecule has 22 heavy (non-hydrogen) atoms. The van der Waals surface area contributed by atoms with E-state index in [1.54, 1.807) is 0 Å². The number of hydrogen-bond acceptors (Lipinski definition) is 4. The highest BCUT2D eigenvalue weighted by atomic mass is 16.5. The van der Waals surface area contributed by atoms with Crippen molar-refractivity contribution in [1.82, 2.24) is 20.1 Å². The molecule has 2 heterocycles. The normalized spacial score (nSPS) is 29.9. The number of aromatic nitrogens is 3. The first kappa shape index (κ1) is 15.9. The van der Waals surface area contributed by atoms with Crippen LogP contribution in [0, 0.1) is 12.3 Å². The molecule has 1 aromatic heterocycles. The second-order valence-electron chi connectivity index (χ2n) is 7.42. The van der Waals surface area contributed by atoms with Gasteiger partial charge in [-0.05, 0) is 32.6 Å². The van der Waals surface area contributed by atoms with Gasteiger partial charge in [0.1, 0.15) is 11.6 Å². The molecule has 0 amide bonds. The molecular formula is C17H30N4O. The lowest BCUT2D eigenvalue weighted by atomic mass is 9.64. The lowest BCUT2D eigenvalue weighted by molar-refractivity contribution is -0.121. The molecule has 1 fully saturated rings. The molecule has 0 aromatic carbocycles. The third-order valence-corrected chi connectivity index (χ3v) is 5.38. The third-order valence-electron chi connectivity index (χ3n) is 5.38. The molecule has 5 heteroatoms. The maximum absolute atomic E-state index is 6.05. The van der Waals surface area contributed by atoms with E-state index in [0.717, 1.165) is 44.1 Å². The van der Waals surface area contributed by atoms with Crippen LogP contribution in [0.2, 0.25) is 0 Å². The van der Waals surface area contributed by atoms with E-state index in [4.69, 9.17) is 4.74 Å². The van der Waals surface area contributed by atoms with Gasteiger partial charge in [-0.1, -0.05) is 27.2 Å². The topological polar surface area (TPSA) is 52.0 Å². The van der Waals surface area contributed by atoms with E-state index in [2.05, 4.69) is 40.9 Å². The van der Waals surface area contributed by atoms with Gasteiger partial charge in [0.05, 0.1) is 12.1 Å². The Bertz CT molecular complexity index is 511. The Kier molecular flexibility index (Phi) is 4.55. The van der Waals surface area contributed by atoms with Crippen molar-refractivity contribution in [3.05, 3.63) is 11.6 Å². The van der Waals surface area contributed by atoms with Crippen LogP contribution in [0.5, 0.6) is 0 Å². The largest absolute Gasteiger partial charge is 0.378 e. The van der Waals surface area contributed by atoms with Gasteiger partial charge in [0.15, 0.2) is 0 Å². The molecule has 5 nitrogen and oxygen atoms in total. The standard InChI is InChI=1S/C17H30N4O/c1-5-6-10-22-15-11-14(17(15,3)4)19-13-8-7-9-21-16(13)18-12(2)20-21/h13-15,19H,5-11H2,1-4H3/t13-,14-,15-/m1/s1. The summed E-state index contributed by atoms with van der Waals surface area (Å²) in [5, 5.41) is 8.33. The van der Waals surface area contributed by atoms with Crippen LogP contribution in [0.15, 0.2) is 0 Å². The van der Waals surface area contributed by atoms with E-state index in [0.29, 0.717) is 18.2 Å². The molecule has 1 aliphatic carbocycles. The van der Waals surface area contributed by atoms with E-state index < -0.39 is 0 Å². The molecule has 1 N–H and O–H groups in total. The molecule has 124 valence electrons. The Morgan fingerprint density at radius 2 is 2.23 bits per heavy atom. The molecule has 0 radical (unpaired) electrons. The van der Waals surface area contributed by atoms with E-state index >= 15 is 0 Å². The molecule has 3 rings (SSSR count). The summed E-state index contributed by atoms with van der Waals surface area (Å²) in [5.74, 6) is 2.01. The summed E-state index contributed by atoms with van der Waals surface area (Å²) < 4.78 is 8.13. The number of fused-ring (bicyclic) bond motifs is 1. The minimum Gasteiger partial charge on any atom is -0.378 e. The highest BCUT2D eigenvalue weighted by Gasteiger charge is 2.49. The van der Waals surface area contributed by atoms with Crippen LogP contribution in [0.1, 0.15) is 70.6 Å². The zero-order chi connectivity index (χ0) is 15.7. The Morgan fingerprint density at radius 3 is 2.95 bits per heavy atom. The summed E-state index contributed by atoms with van der Waals surface area (Å²) in [6.07, 6.45) is 6.20. The summed E-state index contributed by atoms with van der Waals surface area (Å²) in [4.78, 5) is 4.63. The first-order valence-electron chi connectivity index (χ1n) is 8.81. The van der Waals surface area contributed by atoms with Crippen molar-refractivity contribution in [2.75, 3.05) is 6.61 Å². The van der Waals surface area contributed by atoms with Crippen LogP contribution in [-0.4, -0.2) is 33.5 Å². The average molecular weight is 306 g/mol. The predicted octanol–water partition coefficient (Wildman–Crippen LogP) is 2.99. The van der Waals surface area contributed by atoms with Crippen LogP contribution >= 0.6 is 0 Å². The van der Waals surface area contributed by atoms with Gasteiger partial charge in [0, 0.05) is 24.6 Å². The lowest BCUT2D eigenvalue weighted by Gasteiger charge is -2.53. The zero-order valence-corrected chi connectivity index (χ0v) is 14.4. The molecule has 0 unspecified atom stereocenters. The number of unbranched alkanes of at least 4 members (excludes halogenated alkanes) is 1. The number of nitrogens with zero attached hydrogens (tertiary/aromatic N) is 3. The van der Waals surface area contributed by atoms with Gasteiger partial charge in [-0.25, -0.2) is 9.67 Å². The van der Waals surface area contributed by atoms with Crippen LogP contribution in [0.25, 0.3) is 0 Å². The Balaban J connectivity index is 1.59. The molecule has 2 aliphatic rings. The fourth-order valence-corrected chi connectivity index (χ4v) is 3.69. The van der Waals surface area contributed by atoms with Crippen molar-refractivity contribution in [2.45, 2.75) is 84.5 Å². The van der Waals surface area contributed by atoms with Crippen LogP contribution in [0.4, 0.5) is 0 Å². The molecule has 1 saturated carbocycles. The van der Waals surface area contributed by atoms with Gasteiger partial charge < -0.3 is 10.1 Å². The zero-order valence-electron chi connectivity index (χ0n) is 14.4. The van der Waals surface area contributed by atoms with Gasteiger partial charge in [-0.2, -0.15) is 5.10 Å². The molecule has 1 aromatic rings. The van der Waals surface area contributed by atoms with Crippen molar-refractivity contribution >= 4 is 0 Å². The van der Waals surface area contributed by atoms with Crippen LogP contribution in [-0.2, 0) is 11.3 Å². The Labute approximate surface area is 133 Å². The minimum absolute atomic E-state index is 0.199. The Hall–Kier alpha value is -0.940. The van der Waals surface area contributed by atoms with Gasteiger partial charge in [-0.15, -0.1) is 0 Å². The molecular weight excluding hydrogens is 276 g/mol. The van der Waals surface area contributed by atoms with E-state index in [1.807, 2.05) is 6.92 Å². The molecule has 0 spiro atoms. The van der Waals surface area contributed by atoms with Gasteiger partial charge in [-0.3, -0.25) is 0 Å². The fourth-order valence-electron chi connectivity index (χ4n) is 3.69. The van der Waals surface area contributed by atoms with Crippen LogP contribution in [0.3, 0.4) is 0 Å². The number of hydrogen-bond donors (Lipinski definition) is 1. The molecule has 1 aliphatic heterocycles. The quantitative estimate of drug-likeness (QED) is 0.821. The van der Waals surface area contributed by atoms with E-state index in [9.17, 15) is 0 Å². The van der Waals surface area contributed by atoms with Crippen molar-refractivity contribution in [2.24, 2.45) is 5.41 Å². The van der Waals surface area contributed by atoms with Crippen molar-refractivity contribution in [3.63, 3.8) is 0 Å². The lowest BCUT2D eigenvalue weighted by Crippen LogP contribution is -2.61. The minimum atomic E-state index is 0.199. The number of ether oxygens (including phenoxy) is 1. The van der Waals surface area contributed by atoms with Gasteiger partial charge in [0.2, 0.25) is 0 Å². The summed E-state index contributed by atoms with van der Waals surface area (Å²) in [7, 11) is 0. The maximum Gasteiger partial charge on any atom is 0.147 e. The molecule has 0 bridgehead atoms. The van der Waals surface area contributed by atoms with Crippen molar-refractivity contribution in [3.8, 4) is 0 Å². The Morgan fingerprint density at radius 1 is 1.41 bits per heavy atom. The first-order valence-corrected chi connectivity index (χ1v) is 8.81. The highest BCUT2D eigenvalue weighted by molar-refractivity contribution is 5.08. The third kappa shape index (κ3) is 2.93. The second kappa shape index (κ2) is 6.28. The average Bonchev–Trinajstić information content (AvgIpc) is 2.86. The van der Waals surface area contributed by atoms with E-state index in [-0.39, 0.29) is 5.41 Å². The van der Waals surface area contributed by atoms with Crippen LogP contribution < -0.4 is 5.32 Å². The number of nitrogens with one attached hydrogen (secondary N) is 1. The van der Waals surface area contributed by atoms with Crippen molar-refractivity contribution < 1.29 is 4.74 Å². The number of aryl methyl sites for hydroxylation is 2. The summed E-state index contributed by atoms with van der Waals surface area (Å²) in [6, 6.07) is 0.850. The molecule has 0 saturated heterocycles. The van der Waals surface area contributed by atoms with E-state index in [1.165, 1.54) is 12.8 Å². The summed E-state index contributed by atoms with van der Waals surface area (Å²) in [5.41, 5.74) is 0.199. The van der Waals surface area contributed by atoms with Gasteiger partial charge >= 0.3 is 0 Å². The summed E-state index contributed by atoms with van der Waals surface area (Å²) >= 11 is 0. The smallest absolute Gasteiger partial charge is 0.147 e. The number of rotatable bonds is 6. The molecule has 3 atom stereocenters. The monoisotopic (exact) mass is 306 g/mol. The van der Waals surface area contributed by atoms with Crippen molar-refractivity contribution in [1.29, 1.82) is 0 Å². The predicted molar refractivity (Wildman–Crippen MR) is 86.7 cm³/mol. The van der Waals surface area contributed by atoms with Gasteiger partial charge in [0.25, 0.3) is 0 Å². The fraction of sp³-hybridized carbons (Fsp3) is 0.882. The first-order chi connectivity index (χ1) is 10.5. The highest BCUT2D eigenvalue weighted by Crippen LogP contribution is 2.44. The second-order valence-corrected chi connectivity index (χ2v) is 7.42. The maximum atomic E-state index is 6.05. The summed E-state index contributed by atoms with van der Waals surface area (Å²) in [6.45, 7) is 10.7. The SMILES string of the molecule is CCCCO[C@@H]1C[C@@H](N[C@@H]2CCCn3nc(C)nc32)C1(C)C.